The highest BCUT2D eigenvalue weighted by atomic mass is 32.2. The summed E-state index contributed by atoms with van der Waals surface area (Å²) in [4.78, 5) is 0. The minimum atomic E-state index is 0.689. The molecule has 1 unspecified atom stereocenters. The van der Waals surface area contributed by atoms with E-state index in [2.05, 4.69) is 24.8 Å². The second-order valence-corrected chi connectivity index (χ2v) is 4.60. The molecule has 0 aliphatic heterocycles. The van der Waals surface area contributed by atoms with Gasteiger partial charge < -0.3 is 5.32 Å². The van der Waals surface area contributed by atoms with Gasteiger partial charge in [0, 0.05) is 18.3 Å². The lowest BCUT2D eigenvalue weighted by Gasteiger charge is -2.11. The molecule has 0 rings (SSSR count). The van der Waals surface area contributed by atoms with Crippen LogP contribution >= 0.6 is 23.5 Å². The monoisotopic (exact) mass is 193 g/mol. The van der Waals surface area contributed by atoms with Crippen molar-refractivity contribution in [2.45, 2.75) is 19.4 Å². The molecule has 0 bridgehead atoms. The first-order valence-corrected chi connectivity index (χ1v) is 6.81. The molecule has 0 spiro atoms. The molecule has 0 saturated heterocycles. The maximum atomic E-state index is 3.48. The number of hydrogen-bond donors (Lipinski definition) is 1. The van der Waals surface area contributed by atoms with Gasteiger partial charge in [0.1, 0.15) is 0 Å². The van der Waals surface area contributed by atoms with Gasteiger partial charge in [-0.05, 0) is 31.6 Å². The fourth-order valence-corrected chi connectivity index (χ4v) is 1.72. The molecule has 1 atom stereocenters. The summed E-state index contributed by atoms with van der Waals surface area (Å²) in [7, 11) is 0. The lowest BCUT2D eigenvalue weighted by molar-refractivity contribution is 0.559. The Kier molecular flexibility index (Phi) is 9.28. The van der Waals surface area contributed by atoms with E-state index in [9.17, 15) is 0 Å². The van der Waals surface area contributed by atoms with E-state index in [4.69, 9.17) is 0 Å². The van der Waals surface area contributed by atoms with E-state index in [0.29, 0.717) is 6.04 Å². The Morgan fingerprint density at radius 3 is 2.36 bits per heavy atom. The molecule has 0 aliphatic carbocycles. The van der Waals surface area contributed by atoms with Gasteiger partial charge in [0.05, 0.1) is 0 Å². The van der Waals surface area contributed by atoms with Gasteiger partial charge in [-0.1, -0.05) is 0 Å². The van der Waals surface area contributed by atoms with E-state index in [1.807, 2.05) is 23.5 Å². The van der Waals surface area contributed by atoms with Gasteiger partial charge in [-0.2, -0.15) is 23.5 Å². The van der Waals surface area contributed by atoms with Crippen LogP contribution in [0.15, 0.2) is 0 Å². The molecule has 0 fully saturated rings. The van der Waals surface area contributed by atoms with Crippen molar-refractivity contribution in [2.24, 2.45) is 0 Å². The predicted molar refractivity (Wildman–Crippen MR) is 58.8 cm³/mol. The Labute approximate surface area is 79.1 Å². The Morgan fingerprint density at radius 2 is 1.82 bits per heavy atom. The quantitative estimate of drug-likeness (QED) is 0.622. The van der Waals surface area contributed by atoms with Gasteiger partial charge in [-0.15, -0.1) is 0 Å². The van der Waals surface area contributed by atoms with Crippen molar-refractivity contribution in [1.29, 1.82) is 0 Å². The van der Waals surface area contributed by atoms with Crippen LogP contribution in [-0.2, 0) is 0 Å². The predicted octanol–water partition coefficient (Wildman–Crippen LogP) is 2.08. The van der Waals surface area contributed by atoms with Crippen molar-refractivity contribution in [3.63, 3.8) is 0 Å². The molecule has 0 aliphatic rings. The molecule has 0 amide bonds. The normalized spacial score (nSPS) is 13.4. The number of nitrogens with one attached hydrogen (secondary N) is 1. The topological polar surface area (TPSA) is 12.0 Å². The highest BCUT2D eigenvalue weighted by Crippen LogP contribution is 1.99. The van der Waals surface area contributed by atoms with Gasteiger partial charge in [0.15, 0.2) is 0 Å². The van der Waals surface area contributed by atoms with Crippen LogP contribution < -0.4 is 5.32 Å². The Morgan fingerprint density at radius 1 is 1.18 bits per heavy atom. The van der Waals surface area contributed by atoms with Crippen molar-refractivity contribution in [3.05, 3.63) is 0 Å². The Balaban J connectivity index is 3.02. The zero-order valence-electron chi connectivity index (χ0n) is 7.72. The van der Waals surface area contributed by atoms with Crippen molar-refractivity contribution < 1.29 is 0 Å². The number of rotatable bonds is 7. The van der Waals surface area contributed by atoms with E-state index in [0.717, 1.165) is 6.54 Å². The molecule has 0 saturated carbocycles. The molecular weight excluding hydrogens is 174 g/mol. The Bertz CT molecular complexity index is 78.5. The summed E-state index contributed by atoms with van der Waals surface area (Å²) in [6.45, 7) is 3.41. The molecule has 3 heteroatoms. The fourth-order valence-electron chi connectivity index (χ4n) is 0.804. The van der Waals surface area contributed by atoms with Gasteiger partial charge in [-0.25, -0.2) is 0 Å². The molecule has 1 N–H and O–H groups in total. The second kappa shape index (κ2) is 8.75. The van der Waals surface area contributed by atoms with Crippen molar-refractivity contribution in [1.82, 2.24) is 5.32 Å². The van der Waals surface area contributed by atoms with Crippen LogP contribution in [0.4, 0.5) is 0 Å². The van der Waals surface area contributed by atoms with E-state index < -0.39 is 0 Å². The zero-order chi connectivity index (χ0) is 8.53. The largest absolute Gasteiger partial charge is 0.313 e. The number of hydrogen-bond acceptors (Lipinski definition) is 3. The van der Waals surface area contributed by atoms with Crippen LogP contribution in [0, 0.1) is 0 Å². The van der Waals surface area contributed by atoms with E-state index in [-0.39, 0.29) is 0 Å². The van der Waals surface area contributed by atoms with Gasteiger partial charge >= 0.3 is 0 Å². The van der Waals surface area contributed by atoms with Gasteiger partial charge in [-0.3, -0.25) is 0 Å². The summed E-state index contributed by atoms with van der Waals surface area (Å²) in [6.07, 6.45) is 5.60. The maximum Gasteiger partial charge on any atom is 0.00554 e. The summed E-state index contributed by atoms with van der Waals surface area (Å²) < 4.78 is 0. The van der Waals surface area contributed by atoms with Gasteiger partial charge in [0.2, 0.25) is 0 Å². The third kappa shape index (κ3) is 8.57. The lowest BCUT2D eigenvalue weighted by Crippen LogP contribution is -2.28. The van der Waals surface area contributed by atoms with Crippen LogP contribution in [-0.4, -0.2) is 36.6 Å². The summed E-state index contributed by atoms with van der Waals surface area (Å²) in [6, 6.07) is 0.689. The molecule has 11 heavy (non-hydrogen) atoms. The summed E-state index contributed by atoms with van der Waals surface area (Å²) in [5.41, 5.74) is 0. The smallest absolute Gasteiger partial charge is 0.00554 e. The molecule has 0 aromatic carbocycles. The van der Waals surface area contributed by atoms with Crippen molar-refractivity contribution in [2.75, 3.05) is 30.6 Å². The first kappa shape index (κ1) is 11.7. The van der Waals surface area contributed by atoms with Crippen LogP contribution in [0.1, 0.15) is 13.3 Å². The first-order valence-electron chi connectivity index (χ1n) is 4.02. The summed E-state index contributed by atoms with van der Waals surface area (Å²) in [5, 5.41) is 3.48. The molecule has 0 heterocycles. The lowest BCUT2D eigenvalue weighted by atomic mass is 10.3. The molecule has 68 valence electrons. The van der Waals surface area contributed by atoms with Crippen LogP contribution in [0.25, 0.3) is 0 Å². The maximum absolute atomic E-state index is 3.48. The minimum Gasteiger partial charge on any atom is -0.313 e. The van der Waals surface area contributed by atoms with E-state index >= 15 is 0 Å². The molecular formula is C8H19NS2. The SMILES string of the molecule is CSCCNC(C)CCSC. The Hall–Kier alpha value is 0.660. The average molecular weight is 193 g/mol. The highest BCUT2D eigenvalue weighted by molar-refractivity contribution is 7.98. The zero-order valence-corrected chi connectivity index (χ0v) is 9.36. The minimum absolute atomic E-state index is 0.689. The van der Waals surface area contributed by atoms with E-state index in [1.165, 1.54) is 17.9 Å². The number of thioether (sulfide) groups is 2. The first-order chi connectivity index (χ1) is 5.31. The second-order valence-electron chi connectivity index (χ2n) is 2.63. The summed E-state index contributed by atoms with van der Waals surface area (Å²) in [5.74, 6) is 2.50. The van der Waals surface area contributed by atoms with Gasteiger partial charge in [0.25, 0.3) is 0 Å². The molecule has 1 nitrogen and oxygen atoms in total. The fraction of sp³-hybridized carbons (Fsp3) is 1.00. The van der Waals surface area contributed by atoms with Crippen LogP contribution in [0.5, 0.6) is 0 Å². The van der Waals surface area contributed by atoms with E-state index in [1.54, 1.807) is 0 Å². The third-order valence-electron chi connectivity index (χ3n) is 1.55. The van der Waals surface area contributed by atoms with Crippen molar-refractivity contribution in [3.8, 4) is 0 Å². The molecule has 0 radical (unpaired) electrons. The summed E-state index contributed by atoms with van der Waals surface area (Å²) >= 11 is 3.82. The highest BCUT2D eigenvalue weighted by Gasteiger charge is 1.98. The van der Waals surface area contributed by atoms with Crippen LogP contribution in [0.3, 0.4) is 0 Å². The standard InChI is InChI=1S/C8H19NS2/c1-8(4-6-10-2)9-5-7-11-3/h8-9H,4-7H2,1-3H3. The van der Waals surface area contributed by atoms with Crippen LogP contribution in [0.2, 0.25) is 0 Å². The van der Waals surface area contributed by atoms with Crippen molar-refractivity contribution >= 4 is 23.5 Å². The molecule has 0 aromatic rings. The molecule has 0 aromatic heterocycles. The third-order valence-corrected chi connectivity index (χ3v) is 2.81. The average Bonchev–Trinajstić information content (AvgIpc) is 2.01.